The fraction of sp³-hybridized carbons (Fsp3) is 0.250. The fourth-order valence-corrected chi connectivity index (χ4v) is 2.67. The number of nitrogens with zero attached hydrogens (tertiary/aromatic N) is 3. The van der Waals surface area contributed by atoms with E-state index in [1.54, 1.807) is 6.92 Å². The van der Waals surface area contributed by atoms with Crippen molar-refractivity contribution in [3.8, 4) is 6.07 Å². The van der Waals surface area contributed by atoms with Crippen molar-refractivity contribution < 1.29 is 4.79 Å². The zero-order valence-electron chi connectivity index (χ0n) is 13.1. The van der Waals surface area contributed by atoms with Gasteiger partial charge < -0.3 is 11.1 Å². The van der Waals surface area contributed by atoms with Crippen LogP contribution in [0.5, 0.6) is 0 Å². The molecule has 1 aromatic heterocycles. The van der Waals surface area contributed by atoms with Crippen LogP contribution < -0.4 is 11.1 Å². The topological polar surface area (TPSA) is 105 Å². The van der Waals surface area contributed by atoms with Gasteiger partial charge >= 0.3 is 0 Å². The largest absolute Gasteiger partial charge is 0.382 e. The number of carbonyl (C=O) groups is 1. The molecule has 23 heavy (non-hydrogen) atoms. The lowest BCUT2D eigenvalue weighted by Gasteiger charge is -2.13. The van der Waals surface area contributed by atoms with E-state index in [9.17, 15) is 4.79 Å². The molecule has 0 aliphatic rings. The van der Waals surface area contributed by atoms with E-state index in [1.165, 1.54) is 18.0 Å². The summed E-state index contributed by atoms with van der Waals surface area (Å²) in [4.78, 5) is 20.4. The highest BCUT2D eigenvalue weighted by atomic mass is 32.2. The third-order valence-corrected chi connectivity index (χ3v) is 4.18. The molecule has 0 spiro atoms. The summed E-state index contributed by atoms with van der Waals surface area (Å²) < 4.78 is 0. The predicted octanol–water partition coefficient (Wildman–Crippen LogP) is 2.67. The summed E-state index contributed by atoms with van der Waals surface area (Å²) in [6.07, 6.45) is 1.36. The Hall–Kier alpha value is -2.59. The van der Waals surface area contributed by atoms with Crippen LogP contribution in [0.15, 0.2) is 29.6 Å². The second-order valence-electron chi connectivity index (χ2n) is 5.13. The van der Waals surface area contributed by atoms with E-state index >= 15 is 0 Å². The van der Waals surface area contributed by atoms with Gasteiger partial charge in [-0.25, -0.2) is 9.97 Å². The normalized spacial score (nSPS) is 11.6. The molecule has 2 aromatic rings. The third kappa shape index (κ3) is 4.20. The molecule has 1 amide bonds. The second-order valence-corrected chi connectivity index (χ2v) is 6.44. The van der Waals surface area contributed by atoms with Gasteiger partial charge in [-0.1, -0.05) is 29.5 Å². The summed E-state index contributed by atoms with van der Waals surface area (Å²) >= 11 is 1.19. The summed E-state index contributed by atoms with van der Waals surface area (Å²) in [5.74, 6) is -0.0273. The predicted molar refractivity (Wildman–Crippen MR) is 91.0 cm³/mol. The summed E-state index contributed by atoms with van der Waals surface area (Å²) in [7, 11) is 0. The number of rotatable bonds is 4. The molecule has 0 saturated carbocycles. The lowest BCUT2D eigenvalue weighted by atomic mass is 10.1. The van der Waals surface area contributed by atoms with Crippen molar-refractivity contribution in [2.75, 3.05) is 11.1 Å². The molecule has 118 valence electrons. The van der Waals surface area contributed by atoms with Crippen LogP contribution in [-0.2, 0) is 4.79 Å². The molecule has 3 N–H and O–H groups in total. The number of nitrogens with two attached hydrogens (primary N) is 1. The Labute approximate surface area is 139 Å². The van der Waals surface area contributed by atoms with E-state index in [0.29, 0.717) is 5.16 Å². The average Bonchev–Trinajstić information content (AvgIpc) is 2.50. The highest BCUT2D eigenvalue weighted by molar-refractivity contribution is 8.00. The molecule has 2 rings (SSSR count). The zero-order valence-corrected chi connectivity index (χ0v) is 13.9. The molecule has 7 heteroatoms. The van der Waals surface area contributed by atoms with Gasteiger partial charge in [0, 0.05) is 5.69 Å². The van der Waals surface area contributed by atoms with Gasteiger partial charge in [0.1, 0.15) is 17.5 Å². The van der Waals surface area contributed by atoms with Crippen molar-refractivity contribution in [1.29, 1.82) is 5.26 Å². The molecule has 0 aliphatic heterocycles. The summed E-state index contributed by atoms with van der Waals surface area (Å²) in [5.41, 5.74) is 8.81. The van der Waals surface area contributed by atoms with Crippen LogP contribution >= 0.6 is 11.8 Å². The maximum absolute atomic E-state index is 12.3. The van der Waals surface area contributed by atoms with Gasteiger partial charge in [-0.15, -0.1) is 0 Å². The van der Waals surface area contributed by atoms with Gasteiger partial charge in [0.15, 0.2) is 5.16 Å². The number of benzene rings is 1. The molecule has 0 unspecified atom stereocenters. The van der Waals surface area contributed by atoms with Crippen LogP contribution in [0.1, 0.15) is 23.6 Å². The molecule has 0 saturated heterocycles. The van der Waals surface area contributed by atoms with Crippen molar-refractivity contribution in [2.45, 2.75) is 31.2 Å². The molecular weight excluding hydrogens is 310 g/mol. The standard InChI is InChI=1S/C16H17N5OS/c1-9-4-5-13(10(2)6-9)20-15(22)11(3)23-16-19-8-12(7-17)14(18)21-16/h4-6,8,11H,1-3H3,(H,20,22)(H2,18,19,21)/t11-/m1/s1. The first-order valence-corrected chi connectivity index (χ1v) is 7.86. The van der Waals surface area contributed by atoms with Gasteiger partial charge in [0.2, 0.25) is 5.91 Å². The molecule has 6 nitrogen and oxygen atoms in total. The van der Waals surface area contributed by atoms with Crippen LogP contribution in [0.25, 0.3) is 0 Å². The number of amides is 1. The van der Waals surface area contributed by atoms with Crippen LogP contribution in [0.3, 0.4) is 0 Å². The van der Waals surface area contributed by atoms with E-state index in [-0.39, 0.29) is 17.3 Å². The molecule has 0 aliphatic carbocycles. The number of nitrogens with one attached hydrogen (secondary N) is 1. The van der Waals surface area contributed by atoms with E-state index in [2.05, 4.69) is 15.3 Å². The van der Waals surface area contributed by atoms with Crippen LogP contribution in [-0.4, -0.2) is 21.1 Å². The number of aryl methyl sites for hydroxylation is 2. The van der Waals surface area contributed by atoms with Gasteiger partial charge in [-0.05, 0) is 32.4 Å². The average molecular weight is 327 g/mol. The van der Waals surface area contributed by atoms with Crippen LogP contribution in [0, 0.1) is 25.2 Å². The van der Waals surface area contributed by atoms with Crippen LogP contribution in [0.4, 0.5) is 11.5 Å². The quantitative estimate of drug-likeness (QED) is 0.661. The monoisotopic (exact) mass is 327 g/mol. The van der Waals surface area contributed by atoms with Gasteiger partial charge in [-0.3, -0.25) is 4.79 Å². The molecule has 0 radical (unpaired) electrons. The van der Waals surface area contributed by atoms with E-state index in [1.807, 2.05) is 38.1 Å². The highest BCUT2D eigenvalue weighted by Gasteiger charge is 2.17. The van der Waals surface area contributed by atoms with Crippen molar-refractivity contribution >= 4 is 29.2 Å². The smallest absolute Gasteiger partial charge is 0.237 e. The van der Waals surface area contributed by atoms with E-state index < -0.39 is 5.25 Å². The minimum Gasteiger partial charge on any atom is -0.382 e. The number of nitriles is 1. The lowest BCUT2D eigenvalue weighted by Crippen LogP contribution is -2.23. The summed E-state index contributed by atoms with van der Waals surface area (Å²) in [5, 5.41) is 11.7. The number of anilines is 2. The van der Waals surface area contributed by atoms with E-state index in [4.69, 9.17) is 11.0 Å². The summed E-state index contributed by atoms with van der Waals surface area (Å²) in [6, 6.07) is 7.75. The molecule has 1 atom stereocenters. The fourth-order valence-electron chi connectivity index (χ4n) is 1.92. The number of hydrogen-bond acceptors (Lipinski definition) is 6. The van der Waals surface area contributed by atoms with Crippen molar-refractivity contribution in [3.63, 3.8) is 0 Å². The Morgan fingerprint density at radius 2 is 2.17 bits per heavy atom. The van der Waals surface area contributed by atoms with E-state index in [0.717, 1.165) is 16.8 Å². The Morgan fingerprint density at radius 3 is 2.78 bits per heavy atom. The Kier molecular flexibility index (Phi) is 5.19. The van der Waals surface area contributed by atoms with Gasteiger partial charge in [-0.2, -0.15) is 5.26 Å². The number of thioether (sulfide) groups is 1. The first-order chi connectivity index (χ1) is 10.9. The maximum atomic E-state index is 12.3. The zero-order chi connectivity index (χ0) is 17.0. The minimum absolute atomic E-state index is 0.118. The number of hydrogen-bond donors (Lipinski definition) is 2. The molecular formula is C16H17N5OS. The maximum Gasteiger partial charge on any atom is 0.237 e. The van der Waals surface area contributed by atoms with Gasteiger partial charge in [0.05, 0.1) is 11.4 Å². The lowest BCUT2D eigenvalue weighted by molar-refractivity contribution is -0.115. The number of carbonyl (C=O) groups excluding carboxylic acids is 1. The van der Waals surface area contributed by atoms with Crippen LogP contribution in [0.2, 0.25) is 0 Å². The van der Waals surface area contributed by atoms with Crippen molar-refractivity contribution in [2.24, 2.45) is 0 Å². The first-order valence-electron chi connectivity index (χ1n) is 6.98. The number of aromatic nitrogens is 2. The molecule has 1 heterocycles. The Morgan fingerprint density at radius 1 is 1.43 bits per heavy atom. The minimum atomic E-state index is -0.400. The SMILES string of the molecule is Cc1ccc(NC(=O)[C@@H](C)Sc2ncc(C#N)c(N)n2)c(C)c1. The Balaban J connectivity index is 2.05. The first kappa shape index (κ1) is 16.8. The van der Waals surface area contributed by atoms with Gasteiger partial charge in [0.25, 0.3) is 0 Å². The number of nitrogen functional groups attached to an aromatic ring is 1. The second kappa shape index (κ2) is 7.11. The molecule has 1 aromatic carbocycles. The molecule has 0 bridgehead atoms. The molecule has 0 fully saturated rings. The highest BCUT2D eigenvalue weighted by Crippen LogP contribution is 2.23. The summed E-state index contributed by atoms with van der Waals surface area (Å²) in [6.45, 7) is 5.72. The van der Waals surface area contributed by atoms with Crippen molar-refractivity contribution in [1.82, 2.24) is 9.97 Å². The third-order valence-electron chi connectivity index (χ3n) is 3.21. The Bertz CT molecular complexity index is 785. The van der Waals surface area contributed by atoms with Crippen molar-refractivity contribution in [3.05, 3.63) is 41.1 Å².